The molecule has 0 saturated heterocycles. The maximum absolute atomic E-state index is 11.2. The van der Waals surface area contributed by atoms with Crippen LogP contribution < -0.4 is 0 Å². The maximum atomic E-state index is 11.2. The molecule has 0 aromatic carbocycles. The summed E-state index contributed by atoms with van der Waals surface area (Å²) >= 11 is 0. The van der Waals surface area contributed by atoms with Crippen LogP contribution in [0.5, 0.6) is 0 Å². The van der Waals surface area contributed by atoms with Gasteiger partial charge >= 0.3 is 0 Å². The fraction of sp³-hybridized carbons (Fsp3) is 0.833. The Bertz CT molecular complexity index is 735. The van der Waals surface area contributed by atoms with Crippen LogP contribution in [0.1, 0.15) is 77.6 Å². The molecule has 146 valence electrons. The Morgan fingerprint density at radius 2 is 2.07 bits per heavy atom. The van der Waals surface area contributed by atoms with Crippen LogP contribution in [0.4, 0.5) is 0 Å². The van der Waals surface area contributed by atoms with E-state index in [9.17, 15) is 4.91 Å². The van der Waals surface area contributed by atoms with E-state index >= 15 is 0 Å². The number of rotatable bonds is 2. The third-order valence-corrected chi connectivity index (χ3v) is 10.1. The lowest BCUT2D eigenvalue weighted by atomic mass is 9.49. The molecule has 6 atom stereocenters. The molecular weight excluding hydrogens is 334 g/mol. The van der Waals surface area contributed by atoms with Gasteiger partial charge in [-0.05, 0) is 93.8 Å². The summed E-state index contributed by atoms with van der Waals surface area (Å²) in [5.41, 5.74) is 4.41. The van der Waals surface area contributed by atoms with Crippen LogP contribution >= 0.6 is 0 Å². The summed E-state index contributed by atoms with van der Waals surface area (Å²) in [7, 11) is 0. The molecule has 0 bridgehead atoms. The molecule has 0 radical (unpaired) electrons. The highest BCUT2D eigenvalue weighted by Crippen LogP contribution is 2.72. The molecule has 6 aliphatic rings. The molecule has 3 heteroatoms. The third-order valence-electron chi connectivity index (χ3n) is 10.1. The van der Waals surface area contributed by atoms with Crippen molar-refractivity contribution in [1.82, 2.24) is 0 Å². The molecule has 0 N–H and O–H groups in total. The molecule has 3 nitrogen and oxygen atoms in total. The number of hydrogen-bond acceptors (Lipinski definition) is 3. The van der Waals surface area contributed by atoms with Crippen LogP contribution in [0, 0.1) is 33.5 Å². The molecule has 0 amide bonds. The summed E-state index contributed by atoms with van der Waals surface area (Å²) in [6.07, 6.45) is 18.6. The highest BCUT2D eigenvalue weighted by atomic mass is 16.5. The third kappa shape index (κ3) is 2.02. The van der Waals surface area contributed by atoms with Gasteiger partial charge in [-0.15, -0.1) is 0 Å². The summed E-state index contributed by atoms with van der Waals surface area (Å²) in [6.45, 7) is 3.25. The van der Waals surface area contributed by atoms with Crippen LogP contribution in [0.15, 0.2) is 28.5 Å². The van der Waals surface area contributed by atoms with Crippen molar-refractivity contribution in [2.75, 3.05) is 6.61 Å². The molecule has 3 saturated carbocycles. The first-order valence-corrected chi connectivity index (χ1v) is 11.5. The molecule has 6 rings (SSSR count). The average Bonchev–Trinajstić information content (AvgIpc) is 3.18. The summed E-state index contributed by atoms with van der Waals surface area (Å²) in [4.78, 5) is 11.2. The second kappa shape index (κ2) is 5.55. The number of nitroso groups, excluding NO2 is 1. The number of fused-ring (bicyclic) bond motifs is 6. The van der Waals surface area contributed by atoms with Gasteiger partial charge < -0.3 is 4.74 Å². The highest BCUT2D eigenvalue weighted by molar-refractivity contribution is 5.38. The minimum Gasteiger partial charge on any atom is -0.366 e. The van der Waals surface area contributed by atoms with Crippen LogP contribution in [0.3, 0.4) is 0 Å². The van der Waals surface area contributed by atoms with E-state index in [0.717, 1.165) is 43.6 Å². The topological polar surface area (TPSA) is 38.7 Å². The van der Waals surface area contributed by atoms with Crippen LogP contribution in [-0.4, -0.2) is 18.2 Å². The van der Waals surface area contributed by atoms with Crippen molar-refractivity contribution in [2.45, 2.75) is 89.2 Å². The van der Waals surface area contributed by atoms with Crippen LogP contribution in [0.25, 0.3) is 0 Å². The fourth-order valence-electron chi connectivity index (χ4n) is 8.77. The first-order chi connectivity index (χ1) is 13.2. The van der Waals surface area contributed by atoms with Crippen molar-refractivity contribution in [1.29, 1.82) is 0 Å². The van der Waals surface area contributed by atoms with Crippen LogP contribution in [0.2, 0.25) is 0 Å². The lowest BCUT2D eigenvalue weighted by Gasteiger charge is -2.57. The van der Waals surface area contributed by atoms with Crippen molar-refractivity contribution in [2.24, 2.45) is 33.8 Å². The van der Waals surface area contributed by atoms with Crippen LogP contribution in [-0.2, 0) is 4.74 Å². The smallest absolute Gasteiger partial charge is 0.0960 e. The van der Waals surface area contributed by atoms with Gasteiger partial charge in [0.2, 0.25) is 0 Å². The van der Waals surface area contributed by atoms with Gasteiger partial charge in [0.15, 0.2) is 0 Å². The zero-order valence-electron chi connectivity index (χ0n) is 16.7. The highest BCUT2D eigenvalue weighted by Gasteiger charge is 2.66. The summed E-state index contributed by atoms with van der Waals surface area (Å²) in [5, 5.41) is 3.45. The Labute approximate surface area is 163 Å². The minimum absolute atomic E-state index is 0.0435. The van der Waals surface area contributed by atoms with E-state index in [4.69, 9.17) is 4.74 Å². The van der Waals surface area contributed by atoms with Gasteiger partial charge in [0, 0.05) is 5.41 Å². The standard InChI is InChI=1S/C24H33NO2/c1-2-23-9-6-17-18-5-4-16(25-26)14-21(18)22(11-12-22)15-19(17)20(23)7-10-24(23)8-3-13-27-24/h3,8,16-17,19-20H,2,4-7,9-15H2,1H3/t16?,17?,19?,20?,23-,24-/m0/s1. The molecule has 5 aliphatic carbocycles. The molecular formula is C24H33NO2. The van der Waals surface area contributed by atoms with E-state index in [1.807, 2.05) is 0 Å². The molecule has 4 unspecified atom stereocenters. The van der Waals surface area contributed by atoms with Crippen molar-refractivity contribution >= 4 is 0 Å². The van der Waals surface area contributed by atoms with Gasteiger partial charge in [0.1, 0.15) is 0 Å². The Hall–Kier alpha value is -0.960. The van der Waals surface area contributed by atoms with E-state index in [-0.39, 0.29) is 11.6 Å². The zero-order chi connectivity index (χ0) is 18.3. The SMILES string of the molecule is CC[C@]12CCC3C4=C(CC(N=O)CC4)C4(CC4)CC3C1CC[C@@]21C=CCO1. The number of hydrogen-bond donors (Lipinski definition) is 0. The minimum atomic E-state index is 0.0435. The second-order valence-electron chi connectivity index (χ2n) is 10.6. The molecule has 0 aromatic heterocycles. The van der Waals surface area contributed by atoms with Crippen molar-refractivity contribution in [3.63, 3.8) is 0 Å². The van der Waals surface area contributed by atoms with Crippen molar-refractivity contribution in [3.05, 3.63) is 28.2 Å². The quantitative estimate of drug-likeness (QED) is 0.447. The molecule has 0 aromatic rings. The largest absolute Gasteiger partial charge is 0.366 e. The van der Waals surface area contributed by atoms with Gasteiger partial charge in [-0.2, -0.15) is 4.91 Å². The van der Waals surface area contributed by atoms with E-state index < -0.39 is 0 Å². The average molecular weight is 368 g/mol. The lowest BCUT2D eigenvalue weighted by Crippen LogP contribution is -2.53. The van der Waals surface area contributed by atoms with E-state index in [1.165, 1.54) is 51.4 Å². The Kier molecular flexibility index (Phi) is 3.49. The molecule has 27 heavy (non-hydrogen) atoms. The van der Waals surface area contributed by atoms with E-state index in [0.29, 0.717) is 10.8 Å². The predicted molar refractivity (Wildman–Crippen MR) is 106 cm³/mol. The summed E-state index contributed by atoms with van der Waals surface area (Å²) in [5.74, 6) is 2.49. The lowest BCUT2D eigenvalue weighted by molar-refractivity contribution is -0.115. The number of ether oxygens (including phenoxy) is 1. The Balaban J connectivity index is 1.40. The van der Waals surface area contributed by atoms with Gasteiger partial charge in [-0.3, -0.25) is 0 Å². The van der Waals surface area contributed by atoms with Crippen molar-refractivity contribution in [3.8, 4) is 0 Å². The predicted octanol–water partition coefficient (Wildman–Crippen LogP) is 5.94. The molecule has 3 fully saturated rings. The first kappa shape index (κ1) is 16.9. The Morgan fingerprint density at radius 3 is 2.78 bits per heavy atom. The zero-order valence-corrected chi connectivity index (χ0v) is 16.7. The van der Waals surface area contributed by atoms with E-state index in [1.54, 1.807) is 11.1 Å². The normalized spacial score (nSPS) is 49.2. The Morgan fingerprint density at radius 1 is 1.19 bits per heavy atom. The number of nitrogens with zero attached hydrogens (tertiary/aromatic N) is 1. The fourth-order valence-corrected chi connectivity index (χ4v) is 8.77. The summed E-state index contributed by atoms with van der Waals surface area (Å²) < 4.78 is 6.48. The second-order valence-corrected chi connectivity index (χ2v) is 10.6. The first-order valence-electron chi connectivity index (χ1n) is 11.5. The molecule has 2 spiro atoms. The number of allylic oxidation sites excluding steroid dienone is 1. The van der Waals surface area contributed by atoms with Gasteiger partial charge in [-0.25, -0.2) is 0 Å². The van der Waals surface area contributed by atoms with Gasteiger partial charge in [0.05, 0.1) is 18.2 Å². The van der Waals surface area contributed by atoms with E-state index in [2.05, 4.69) is 24.3 Å². The van der Waals surface area contributed by atoms with Gasteiger partial charge in [-0.1, -0.05) is 35.4 Å². The van der Waals surface area contributed by atoms with Crippen molar-refractivity contribution < 1.29 is 4.74 Å². The van der Waals surface area contributed by atoms with Gasteiger partial charge in [0.25, 0.3) is 0 Å². The molecule has 1 aliphatic heterocycles. The monoisotopic (exact) mass is 367 g/mol. The maximum Gasteiger partial charge on any atom is 0.0960 e. The summed E-state index contributed by atoms with van der Waals surface area (Å²) in [6, 6.07) is 0.0582. The molecule has 1 heterocycles.